The summed E-state index contributed by atoms with van der Waals surface area (Å²) < 4.78 is 48.3. The molecule has 0 unspecified atom stereocenters. The molecule has 2 heterocycles. The molecule has 10 atom stereocenters. The van der Waals surface area contributed by atoms with Crippen LogP contribution in [0.1, 0.15) is 41.5 Å². The number of ether oxygens (including phenoxy) is 9. The second kappa shape index (κ2) is 15.0. The van der Waals surface area contributed by atoms with Crippen LogP contribution in [-0.2, 0) is 71.4 Å². The van der Waals surface area contributed by atoms with Gasteiger partial charge in [0.2, 0.25) is 0 Å². The number of carbonyl (C=O) groups is 6. The van der Waals surface area contributed by atoms with Crippen molar-refractivity contribution in [1.82, 2.24) is 0 Å². The number of esters is 6. The number of rotatable bonds is 10. The maximum Gasteiger partial charge on any atom is 0.303 e. The van der Waals surface area contributed by atoms with Crippen LogP contribution < -0.4 is 0 Å². The molecule has 0 saturated carbocycles. The van der Waals surface area contributed by atoms with Gasteiger partial charge in [-0.15, -0.1) is 0 Å². The van der Waals surface area contributed by atoms with E-state index in [2.05, 4.69) is 0 Å². The molecule has 2 fully saturated rings. The van der Waals surface area contributed by atoms with Crippen molar-refractivity contribution in [2.45, 2.75) is 103 Å². The molecular formula is C24H34O17. The van der Waals surface area contributed by atoms with Crippen molar-refractivity contribution in [1.29, 1.82) is 0 Å². The van der Waals surface area contributed by atoms with Crippen LogP contribution in [0.2, 0.25) is 0 Å². The maximum atomic E-state index is 12.1. The molecule has 0 radical (unpaired) electrons. The second-order valence-electron chi connectivity index (χ2n) is 9.10. The van der Waals surface area contributed by atoms with Crippen molar-refractivity contribution in [3.63, 3.8) is 0 Å². The molecule has 2 aliphatic heterocycles. The van der Waals surface area contributed by atoms with Crippen LogP contribution >= 0.6 is 0 Å². The smallest absolute Gasteiger partial charge is 0.303 e. The minimum Gasteiger partial charge on any atom is -0.463 e. The number of hydrogen-bond donors (Lipinski definition) is 2. The zero-order valence-electron chi connectivity index (χ0n) is 23.2. The van der Waals surface area contributed by atoms with Gasteiger partial charge in [0.05, 0.1) is 0 Å². The zero-order chi connectivity index (χ0) is 31.0. The monoisotopic (exact) mass is 594 g/mol. The van der Waals surface area contributed by atoms with Gasteiger partial charge in [-0.05, 0) is 0 Å². The summed E-state index contributed by atoms with van der Waals surface area (Å²) in [5.41, 5.74) is 0. The summed E-state index contributed by atoms with van der Waals surface area (Å²) in [4.78, 5) is 70.9. The van der Waals surface area contributed by atoms with Gasteiger partial charge in [-0.1, -0.05) is 0 Å². The molecule has 2 aliphatic rings. The molecule has 0 aliphatic carbocycles. The highest BCUT2D eigenvalue weighted by molar-refractivity contribution is 5.69. The molecule has 2 saturated heterocycles. The topological polar surface area (TPSA) is 226 Å². The highest BCUT2D eigenvalue weighted by Crippen LogP contribution is 2.34. The first kappa shape index (κ1) is 33.8. The Kier molecular flexibility index (Phi) is 12.4. The van der Waals surface area contributed by atoms with Gasteiger partial charge in [0.15, 0.2) is 37.0 Å². The highest BCUT2D eigenvalue weighted by atomic mass is 16.8. The molecule has 0 spiro atoms. The Morgan fingerprint density at radius 1 is 0.537 bits per heavy atom. The van der Waals surface area contributed by atoms with Crippen LogP contribution in [0.4, 0.5) is 0 Å². The van der Waals surface area contributed by atoms with E-state index in [9.17, 15) is 39.0 Å². The van der Waals surface area contributed by atoms with Crippen LogP contribution in [0.3, 0.4) is 0 Å². The molecular weight excluding hydrogens is 560 g/mol. The molecule has 17 nitrogen and oxygen atoms in total. The van der Waals surface area contributed by atoms with E-state index in [0.717, 1.165) is 41.5 Å². The lowest BCUT2D eigenvalue weighted by Gasteiger charge is -2.47. The molecule has 2 rings (SSSR count). The molecule has 17 heteroatoms. The molecule has 0 aromatic heterocycles. The van der Waals surface area contributed by atoms with E-state index in [1.165, 1.54) is 0 Å². The van der Waals surface area contributed by atoms with Gasteiger partial charge >= 0.3 is 35.8 Å². The number of hydrogen-bond acceptors (Lipinski definition) is 17. The third-order valence-electron chi connectivity index (χ3n) is 5.63. The molecule has 0 amide bonds. The predicted octanol–water partition coefficient (Wildman–Crippen LogP) is -1.97. The quantitative estimate of drug-likeness (QED) is 0.206. The van der Waals surface area contributed by atoms with Gasteiger partial charge in [0.1, 0.15) is 37.6 Å². The second-order valence-corrected chi connectivity index (χ2v) is 9.10. The van der Waals surface area contributed by atoms with Gasteiger partial charge < -0.3 is 52.8 Å². The molecule has 0 aromatic carbocycles. The van der Waals surface area contributed by atoms with Crippen LogP contribution in [0, 0.1) is 0 Å². The lowest BCUT2D eigenvalue weighted by Crippen LogP contribution is -2.66. The van der Waals surface area contributed by atoms with Crippen molar-refractivity contribution in [2.24, 2.45) is 0 Å². The Morgan fingerprint density at radius 2 is 0.951 bits per heavy atom. The Hall–Kier alpha value is -3.38. The first-order chi connectivity index (χ1) is 19.1. The van der Waals surface area contributed by atoms with E-state index in [1.807, 2.05) is 0 Å². The van der Waals surface area contributed by atoms with Crippen LogP contribution in [0.15, 0.2) is 0 Å². The van der Waals surface area contributed by atoms with Gasteiger partial charge in [-0.25, -0.2) is 0 Å². The average molecular weight is 595 g/mol. The molecule has 0 bridgehead atoms. The van der Waals surface area contributed by atoms with Crippen LogP contribution in [0.25, 0.3) is 0 Å². The zero-order valence-corrected chi connectivity index (χ0v) is 23.2. The molecule has 0 aromatic rings. The first-order valence-electron chi connectivity index (χ1n) is 12.4. The molecule has 2 N–H and O–H groups in total. The van der Waals surface area contributed by atoms with E-state index in [1.54, 1.807) is 0 Å². The third kappa shape index (κ3) is 9.89. The summed E-state index contributed by atoms with van der Waals surface area (Å²) in [6.07, 6.45) is -16.2. The fourth-order valence-electron chi connectivity index (χ4n) is 4.19. The standard InChI is InChI=1S/C24H34O17/c1-9(25)33-7-15-18(20(36-12(4)28)17(31)23(32)39-15)41-24-22(38-14(6)30)21(37-13(5)29)19(35-11(3)27)16(40-24)8-34-10(2)26/h15-24,31-32H,7-8H2,1-6H3/t15-,16-,17-,18-,19+,20-,21+,22-,23+,24+/m1/s1. The summed E-state index contributed by atoms with van der Waals surface area (Å²) in [5.74, 6) is -5.03. The van der Waals surface area contributed by atoms with Gasteiger partial charge in [0, 0.05) is 41.5 Å². The fourth-order valence-corrected chi connectivity index (χ4v) is 4.19. The Morgan fingerprint density at radius 3 is 1.41 bits per heavy atom. The third-order valence-corrected chi connectivity index (χ3v) is 5.63. The van der Waals surface area contributed by atoms with Gasteiger partial charge in [-0.3, -0.25) is 28.8 Å². The largest absolute Gasteiger partial charge is 0.463 e. The van der Waals surface area contributed by atoms with E-state index in [0.29, 0.717) is 0 Å². The van der Waals surface area contributed by atoms with E-state index in [4.69, 9.17) is 42.6 Å². The van der Waals surface area contributed by atoms with Crippen molar-refractivity contribution in [3.05, 3.63) is 0 Å². The minimum absolute atomic E-state index is 0.551. The lowest BCUT2D eigenvalue weighted by atomic mass is 9.96. The van der Waals surface area contributed by atoms with Crippen LogP contribution in [0.5, 0.6) is 0 Å². The highest BCUT2D eigenvalue weighted by Gasteiger charge is 2.56. The first-order valence-corrected chi connectivity index (χ1v) is 12.4. The Balaban J connectivity index is 2.58. The van der Waals surface area contributed by atoms with Gasteiger partial charge in [0.25, 0.3) is 0 Å². The SMILES string of the molecule is CC(=O)OC[C@H]1O[C@@H](O[C@H]2[C@H](OC(C)=O)[C@@H](O)[C@@H](O)O[C@@H]2COC(C)=O)[C@H](OC(C)=O)[C@@H](OC(C)=O)[C@H]1OC(C)=O. The summed E-state index contributed by atoms with van der Waals surface area (Å²) in [6.45, 7) is 5.18. The summed E-state index contributed by atoms with van der Waals surface area (Å²) in [7, 11) is 0. The Labute approximate surface area is 234 Å². The summed E-state index contributed by atoms with van der Waals surface area (Å²) >= 11 is 0. The van der Waals surface area contributed by atoms with Crippen LogP contribution in [-0.4, -0.2) is 121 Å². The molecule has 41 heavy (non-hydrogen) atoms. The lowest BCUT2D eigenvalue weighted by molar-refractivity contribution is -0.356. The normalized spacial score (nSPS) is 33.1. The maximum absolute atomic E-state index is 12.1. The van der Waals surface area contributed by atoms with E-state index >= 15 is 0 Å². The predicted molar refractivity (Wildman–Crippen MR) is 126 cm³/mol. The number of aliphatic hydroxyl groups excluding tert-OH is 2. The average Bonchev–Trinajstić information content (AvgIpc) is 2.83. The molecule has 232 valence electrons. The minimum atomic E-state index is -1.91. The van der Waals surface area contributed by atoms with Gasteiger partial charge in [-0.2, -0.15) is 0 Å². The van der Waals surface area contributed by atoms with Crippen molar-refractivity contribution >= 4 is 35.8 Å². The van der Waals surface area contributed by atoms with E-state index in [-0.39, 0.29) is 0 Å². The Bertz CT molecular complexity index is 981. The van der Waals surface area contributed by atoms with E-state index < -0.39 is 110 Å². The fraction of sp³-hybridized carbons (Fsp3) is 0.750. The van der Waals surface area contributed by atoms with Crippen molar-refractivity contribution in [3.8, 4) is 0 Å². The van der Waals surface area contributed by atoms with Crippen molar-refractivity contribution < 1.29 is 81.6 Å². The summed E-state index contributed by atoms with van der Waals surface area (Å²) in [5, 5.41) is 20.8. The number of aliphatic hydroxyl groups is 2. The van der Waals surface area contributed by atoms with Crippen molar-refractivity contribution in [2.75, 3.05) is 13.2 Å². The summed E-state index contributed by atoms with van der Waals surface area (Å²) in [6, 6.07) is 0. The number of carbonyl (C=O) groups excluding carboxylic acids is 6.